The maximum atomic E-state index is 12.1. The average Bonchev–Trinajstić information content (AvgIpc) is 2.55. The van der Waals surface area contributed by atoms with Crippen molar-refractivity contribution in [3.05, 3.63) is 0 Å². The fourth-order valence-electron chi connectivity index (χ4n) is 2.40. The summed E-state index contributed by atoms with van der Waals surface area (Å²) in [6, 6.07) is 0. The molecule has 0 spiro atoms. The smallest absolute Gasteiger partial charge is 0.223 e. The molecule has 0 radical (unpaired) electrons. The molecule has 1 rings (SSSR count). The number of hydrogen-bond acceptors (Lipinski definition) is 7. The molecular formula is C15H35N7O. The zero-order valence-electron chi connectivity index (χ0n) is 14.3. The highest BCUT2D eigenvalue weighted by Crippen LogP contribution is 1.92. The van der Waals surface area contributed by atoms with Crippen LogP contribution in [0.4, 0.5) is 0 Å². The third-order valence-electron chi connectivity index (χ3n) is 3.74. The molecule has 0 aromatic rings. The second-order valence-electron chi connectivity index (χ2n) is 5.67. The van der Waals surface area contributed by atoms with Crippen molar-refractivity contribution >= 4 is 5.91 Å². The molecule has 0 bridgehead atoms. The molecule has 0 atom stereocenters. The van der Waals surface area contributed by atoms with E-state index in [1.54, 1.807) is 0 Å². The van der Waals surface area contributed by atoms with Crippen molar-refractivity contribution in [2.75, 3.05) is 85.1 Å². The van der Waals surface area contributed by atoms with Crippen LogP contribution in [0.2, 0.25) is 0 Å². The van der Waals surface area contributed by atoms with Gasteiger partial charge in [0.25, 0.3) is 0 Å². The molecule has 136 valence electrons. The third kappa shape index (κ3) is 11.4. The maximum absolute atomic E-state index is 12.1. The van der Waals surface area contributed by atoms with Gasteiger partial charge in [0.1, 0.15) is 0 Å². The van der Waals surface area contributed by atoms with Gasteiger partial charge in [-0.2, -0.15) is 0 Å². The van der Waals surface area contributed by atoms with E-state index in [2.05, 4.69) is 26.6 Å². The summed E-state index contributed by atoms with van der Waals surface area (Å²) in [5.41, 5.74) is 5.50. The average molecular weight is 329 g/mol. The van der Waals surface area contributed by atoms with E-state index in [0.29, 0.717) is 13.0 Å². The minimum atomic E-state index is 0.146. The van der Waals surface area contributed by atoms with Gasteiger partial charge in [-0.15, -0.1) is 0 Å². The van der Waals surface area contributed by atoms with Gasteiger partial charge in [0.15, 0.2) is 0 Å². The zero-order valence-corrected chi connectivity index (χ0v) is 14.3. The van der Waals surface area contributed by atoms with E-state index in [9.17, 15) is 4.79 Å². The predicted molar refractivity (Wildman–Crippen MR) is 94.6 cm³/mol. The van der Waals surface area contributed by atoms with E-state index in [-0.39, 0.29) is 5.91 Å². The molecule has 0 saturated carbocycles. The summed E-state index contributed by atoms with van der Waals surface area (Å²) in [7, 11) is 0. The van der Waals surface area contributed by atoms with E-state index in [1.807, 2.05) is 4.90 Å². The number of hydrogen-bond donors (Lipinski definition) is 6. The topological polar surface area (TPSA) is 106 Å². The van der Waals surface area contributed by atoms with Crippen LogP contribution < -0.4 is 32.3 Å². The first kappa shape index (κ1) is 20.3. The Morgan fingerprint density at radius 2 is 1.04 bits per heavy atom. The second-order valence-corrected chi connectivity index (χ2v) is 5.67. The lowest BCUT2D eigenvalue weighted by molar-refractivity contribution is -0.130. The van der Waals surface area contributed by atoms with Crippen LogP contribution in [0.1, 0.15) is 6.42 Å². The highest BCUT2D eigenvalue weighted by molar-refractivity contribution is 5.76. The van der Waals surface area contributed by atoms with Gasteiger partial charge in [-0.05, 0) is 0 Å². The lowest BCUT2D eigenvalue weighted by Gasteiger charge is -2.23. The van der Waals surface area contributed by atoms with Gasteiger partial charge in [0.2, 0.25) is 5.91 Å². The van der Waals surface area contributed by atoms with Gasteiger partial charge in [-0.25, -0.2) is 0 Å². The summed E-state index contributed by atoms with van der Waals surface area (Å²) in [5.74, 6) is 0.146. The molecule has 7 N–H and O–H groups in total. The molecule has 1 fully saturated rings. The van der Waals surface area contributed by atoms with Crippen molar-refractivity contribution in [3.8, 4) is 0 Å². The molecule has 0 aromatic heterocycles. The van der Waals surface area contributed by atoms with Gasteiger partial charge >= 0.3 is 0 Å². The molecule has 0 aromatic carbocycles. The molecule has 1 saturated heterocycles. The van der Waals surface area contributed by atoms with Gasteiger partial charge in [0, 0.05) is 91.5 Å². The van der Waals surface area contributed by atoms with Crippen LogP contribution in [-0.2, 0) is 4.79 Å². The summed E-state index contributed by atoms with van der Waals surface area (Å²) in [5, 5.41) is 16.9. The number of carbonyl (C=O) groups is 1. The SMILES string of the molecule is NCCC(=O)N1CCNCCNCCNCCNCCNCC1. The molecule has 0 unspecified atom stereocenters. The highest BCUT2D eigenvalue weighted by atomic mass is 16.2. The lowest BCUT2D eigenvalue weighted by atomic mass is 10.3. The largest absolute Gasteiger partial charge is 0.340 e. The van der Waals surface area contributed by atoms with Gasteiger partial charge in [0.05, 0.1) is 0 Å². The number of nitrogens with two attached hydrogens (primary N) is 1. The van der Waals surface area contributed by atoms with Crippen molar-refractivity contribution in [3.63, 3.8) is 0 Å². The van der Waals surface area contributed by atoms with Crippen molar-refractivity contribution < 1.29 is 4.79 Å². The highest BCUT2D eigenvalue weighted by Gasteiger charge is 2.11. The summed E-state index contributed by atoms with van der Waals surface area (Å²) in [4.78, 5) is 14.0. The first-order chi connectivity index (χ1) is 11.3. The van der Waals surface area contributed by atoms with Crippen LogP contribution in [0.5, 0.6) is 0 Å². The van der Waals surface area contributed by atoms with Crippen LogP contribution in [0.3, 0.4) is 0 Å². The summed E-state index contributed by atoms with van der Waals surface area (Å²) < 4.78 is 0. The van der Waals surface area contributed by atoms with Crippen LogP contribution in [0, 0.1) is 0 Å². The molecule has 1 aliphatic heterocycles. The number of nitrogens with zero attached hydrogens (tertiary/aromatic N) is 1. The van der Waals surface area contributed by atoms with Gasteiger partial charge < -0.3 is 37.2 Å². The van der Waals surface area contributed by atoms with E-state index in [4.69, 9.17) is 5.73 Å². The number of amides is 1. The van der Waals surface area contributed by atoms with Crippen LogP contribution in [0.25, 0.3) is 0 Å². The van der Waals surface area contributed by atoms with Crippen LogP contribution >= 0.6 is 0 Å². The Labute approximate surface area is 140 Å². The zero-order chi connectivity index (χ0) is 16.6. The number of rotatable bonds is 2. The van der Waals surface area contributed by atoms with E-state index >= 15 is 0 Å². The standard InChI is InChI=1S/C15H35N7O/c16-2-1-15(23)22-13-11-20-9-7-18-5-3-17-4-6-19-8-10-21-12-14-22/h17-21H,1-14,16H2. The van der Waals surface area contributed by atoms with Crippen LogP contribution in [0.15, 0.2) is 0 Å². The third-order valence-corrected chi connectivity index (χ3v) is 3.74. The summed E-state index contributed by atoms with van der Waals surface area (Å²) >= 11 is 0. The Hall–Kier alpha value is -0.770. The molecule has 1 amide bonds. The van der Waals surface area contributed by atoms with Crippen LogP contribution in [-0.4, -0.2) is 95.9 Å². The maximum Gasteiger partial charge on any atom is 0.223 e. The minimum Gasteiger partial charge on any atom is -0.340 e. The summed E-state index contributed by atoms with van der Waals surface area (Å²) in [6.07, 6.45) is 0.427. The molecular weight excluding hydrogens is 294 g/mol. The Balaban J connectivity index is 2.31. The van der Waals surface area contributed by atoms with Crippen molar-refractivity contribution in [2.24, 2.45) is 5.73 Å². The monoisotopic (exact) mass is 329 g/mol. The molecule has 1 heterocycles. The van der Waals surface area contributed by atoms with E-state index in [0.717, 1.165) is 78.5 Å². The fourth-order valence-corrected chi connectivity index (χ4v) is 2.40. The minimum absolute atomic E-state index is 0.146. The molecule has 1 aliphatic rings. The molecule has 0 aliphatic carbocycles. The van der Waals surface area contributed by atoms with Crippen molar-refractivity contribution in [1.29, 1.82) is 0 Å². The second kappa shape index (κ2) is 14.8. The normalized spacial score (nSPS) is 21.3. The van der Waals surface area contributed by atoms with E-state index in [1.165, 1.54) is 0 Å². The Morgan fingerprint density at radius 3 is 1.39 bits per heavy atom. The Morgan fingerprint density at radius 1 is 0.696 bits per heavy atom. The quantitative estimate of drug-likeness (QED) is 0.323. The Bertz CT molecular complexity index is 273. The number of carbonyl (C=O) groups excluding carboxylic acids is 1. The number of nitrogens with one attached hydrogen (secondary N) is 5. The van der Waals surface area contributed by atoms with Crippen molar-refractivity contribution in [2.45, 2.75) is 6.42 Å². The first-order valence-corrected chi connectivity index (χ1v) is 8.86. The van der Waals surface area contributed by atoms with E-state index < -0.39 is 0 Å². The van der Waals surface area contributed by atoms with Gasteiger partial charge in [-0.1, -0.05) is 0 Å². The van der Waals surface area contributed by atoms with Crippen molar-refractivity contribution in [1.82, 2.24) is 31.5 Å². The molecule has 23 heavy (non-hydrogen) atoms. The fraction of sp³-hybridized carbons (Fsp3) is 0.933. The predicted octanol–water partition coefficient (Wildman–Crippen LogP) is -2.87. The first-order valence-electron chi connectivity index (χ1n) is 8.86. The molecule has 8 nitrogen and oxygen atoms in total. The van der Waals surface area contributed by atoms with Gasteiger partial charge in [-0.3, -0.25) is 4.79 Å². The lowest BCUT2D eigenvalue weighted by Crippen LogP contribution is -2.43. The Kier molecular flexibility index (Phi) is 13.0. The molecule has 8 heteroatoms. The summed E-state index contributed by atoms with van der Waals surface area (Å²) in [6.45, 7) is 11.2.